The van der Waals surface area contributed by atoms with Crippen LogP contribution in [0.4, 0.5) is 11.4 Å². The highest BCUT2D eigenvalue weighted by molar-refractivity contribution is 5.52. The third-order valence-electron chi connectivity index (χ3n) is 3.63. The van der Waals surface area contributed by atoms with Crippen LogP contribution in [0.2, 0.25) is 0 Å². The molecule has 0 aromatic heterocycles. The van der Waals surface area contributed by atoms with Crippen LogP contribution in [0.25, 0.3) is 0 Å². The molecule has 0 heterocycles. The van der Waals surface area contributed by atoms with Gasteiger partial charge in [-0.2, -0.15) is 0 Å². The fourth-order valence-corrected chi connectivity index (χ4v) is 2.32. The van der Waals surface area contributed by atoms with E-state index < -0.39 is 0 Å². The van der Waals surface area contributed by atoms with Crippen molar-refractivity contribution >= 4 is 11.4 Å². The van der Waals surface area contributed by atoms with Gasteiger partial charge in [0.05, 0.1) is 0 Å². The summed E-state index contributed by atoms with van der Waals surface area (Å²) in [4.78, 5) is 2.26. The monoisotopic (exact) mass is 268 g/mol. The van der Waals surface area contributed by atoms with Gasteiger partial charge in [-0.25, -0.2) is 0 Å². The lowest BCUT2D eigenvalue weighted by Crippen LogP contribution is -2.20. The van der Waals surface area contributed by atoms with Gasteiger partial charge >= 0.3 is 0 Å². The molecule has 2 aromatic carbocycles. The Labute approximate surface area is 122 Å². The molecule has 0 radical (unpaired) electrons. The molecule has 0 aliphatic rings. The van der Waals surface area contributed by atoms with Crippen molar-refractivity contribution in [1.29, 1.82) is 0 Å². The molecule has 0 fully saturated rings. The van der Waals surface area contributed by atoms with Crippen LogP contribution in [0.5, 0.6) is 0 Å². The zero-order valence-electron chi connectivity index (χ0n) is 12.5. The molecule has 106 valence electrons. The average Bonchev–Trinajstić information content (AvgIpc) is 2.47. The summed E-state index contributed by atoms with van der Waals surface area (Å²) >= 11 is 0. The molecule has 2 aromatic rings. The molecule has 20 heavy (non-hydrogen) atoms. The summed E-state index contributed by atoms with van der Waals surface area (Å²) in [5.41, 5.74) is 10.6. The van der Waals surface area contributed by atoms with Crippen LogP contribution < -0.4 is 10.6 Å². The number of nitrogens with two attached hydrogens (primary N) is 1. The lowest BCUT2D eigenvalue weighted by atomic mass is 10.1. The minimum atomic E-state index is 0.814. The summed E-state index contributed by atoms with van der Waals surface area (Å²) < 4.78 is 0. The van der Waals surface area contributed by atoms with E-state index in [-0.39, 0.29) is 0 Å². The molecule has 2 heteroatoms. The van der Waals surface area contributed by atoms with E-state index in [2.05, 4.69) is 55.3 Å². The summed E-state index contributed by atoms with van der Waals surface area (Å²) in [7, 11) is 2.12. The Morgan fingerprint density at radius 2 is 1.40 bits per heavy atom. The highest BCUT2D eigenvalue weighted by atomic mass is 15.1. The molecule has 2 N–H and O–H groups in total. The topological polar surface area (TPSA) is 29.3 Å². The fraction of sp³-hybridized carbons (Fsp3) is 0.333. The van der Waals surface area contributed by atoms with Crippen molar-refractivity contribution in [3.05, 3.63) is 59.7 Å². The van der Waals surface area contributed by atoms with E-state index in [1.165, 1.54) is 29.7 Å². The second-order valence-corrected chi connectivity index (χ2v) is 5.33. The molecule has 0 bridgehead atoms. The maximum absolute atomic E-state index is 5.71. The molecule has 0 amide bonds. The Morgan fingerprint density at radius 3 is 1.95 bits per heavy atom. The van der Waals surface area contributed by atoms with E-state index in [1.54, 1.807) is 0 Å². The Hall–Kier alpha value is -1.96. The van der Waals surface area contributed by atoms with E-state index in [9.17, 15) is 0 Å². The van der Waals surface area contributed by atoms with Crippen molar-refractivity contribution in [3.63, 3.8) is 0 Å². The largest absolute Gasteiger partial charge is 0.399 e. The molecule has 0 saturated carbocycles. The first kappa shape index (κ1) is 14.4. The number of anilines is 2. The van der Waals surface area contributed by atoms with E-state index in [4.69, 9.17) is 5.73 Å². The Balaban J connectivity index is 1.89. The molecule has 0 aliphatic carbocycles. The number of likely N-dealkylation sites (N-methyl/N-ethyl adjacent to an activating group) is 1. The van der Waals surface area contributed by atoms with Gasteiger partial charge in [-0.3, -0.25) is 0 Å². The quantitative estimate of drug-likeness (QED) is 0.805. The molecule has 0 spiro atoms. The minimum absolute atomic E-state index is 0.814. The molecule has 0 atom stereocenters. The fourth-order valence-electron chi connectivity index (χ4n) is 2.32. The van der Waals surface area contributed by atoms with Crippen LogP contribution in [0.1, 0.15) is 24.5 Å². The first-order chi connectivity index (χ1) is 9.69. The number of hydrogen-bond donors (Lipinski definition) is 1. The summed E-state index contributed by atoms with van der Waals surface area (Å²) in [6.45, 7) is 3.23. The van der Waals surface area contributed by atoms with Gasteiger partial charge in [-0.15, -0.1) is 0 Å². The minimum Gasteiger partial charge on any atom is -0.399 e. The van der Waals surface area contributed by atoms with E-state index in [0.29, 0.717) is 0 Å². The summed E-state index contributed by atoms with van der Waals surface area (Å²) in [6, 6.07) is 17.0. The van der Waals surface area contributed by atoms with Gasteiger partial charge in [0, 0.05) is 25.0 Å². The zero-order valence-corrected chi connectivity index (χ0v) is 12.5. The van der Waals surface area contributed by atoms with Gasteiger partial charge in [0.1, 0.15) is 0 Å². The SMILES string of the molecule is CCCc1ccc(CCN(C)c2ccc(N)cc2)cc1. The lowest BCUT2D eigenvalue weighted by Gasteiger charge is -2.19. The first-order valence-electron chi connectivity index (χ1n) is 7.33. The summed E-state index contributed by atoms with van der Waals surface area (Å²) in [5, 5.41) is 0. The zero-order chi connectivity index (χ0) is 14.4. The van der Waals surface area contributed by atoms with Crippen LogP contribution in [-0.4, -0.2) is 13.6 Å². The Bertz CT molecular complexity index is 514. The van der Waals surface area contributed by atoms with Crippen LogP contribution in [0.15, 0.2) is 48.5 Å². The maximum atomic E-state index is 5.71. The second-order valence-electron chi connectivity index (χ2n) is 5.33. The standard InChI is InChI=1S/C18H24N2/c1-3-4-15-5-7-16(8-6-15)13-14-20(2)18-11-9-17(19)10-12-18/h5-12H,3-4,13-14,19H2,1-2H3. The van der Waals surface area contributed by atoms with Crippen LogP contribution in [0, 0.1) is 0 Å². The van der Waals surface area contributed by atoms with Crippen molar-refractivity contribution in [2.75, 3.05) is 24.2 Å². The van der Waals surface area contributed by atoms with Crippen molar-refractivity contribution in [1.82, 2.24) is 0 Å². The third kappa shape index (κ3) is 4.02. The van der Waals surface area contributed by atoms with Gasteiger partial charge in [-0.1, -0.05) is 37.6 Å². The van der Waals surface area contributed by atoms with Crippen LogP contribution in [-0.2, 0) is 12.8 Å². The van der Waals surface area contributed by atoms with Gasteiger partial charge in [0.25, 0.3) is 0 Å². The normalized spacial score (nSPS) is 10.5. The number of aryl methyl sites for hydroxylation is 1. The van der Waals surface area contributed by atoms with Crippen molar-refractivity contribution in [2.24, 2.45) is 0 Å². The lowest BCUT2D eigenvalue weighted by molar-refractivity contribution is 0.873. The molecular weight excluding hydrogens is 244 g/mol. The highest BCUT2D eigenvalue weighted by Gasteiger charge is 2.01. The molecule has 0 saturated heterocycles. The Morgan fingerprint density at radius 1 is 0.850 bits per heavy atom. The predicted molar refractivity (Wildman–Crippen MR) is 88.3 cm³/mol. The van der Waals surface area contributed by atoms with E-state index in [0.717, 1.165) is 18.7 Å². The van der Waals surface area contributed by atoms with Gasteiger partial charge < -0.3 is 10.6 Å². The number of nitrogens with zero attached hydrogens (tertiary/aromatic N) is 1. The van der Waals surface area contributed by atoms with E-state index in [1.807, 2.05) is 12.1 Å². The number of hydrogen-bond acceptors (Lipinski definition) is 2. The van der Waals surface area contributed by atoms with Crippen molar-refractivity contribution in [2.45, 2.75) is 26.2 Å². The van der Waals surface area contributed by atoms with Gasteiger partial charge in [-0.05, 0) is 48.2 Å². The molecule has 2 rings (SSSR count). The molecule has 2 nitrogen and oxygen atoms in total. The smallest absolute Gasteiger partial charge is 0.0365 e. The second kappa shape index (κ2) is 6.99. The van der Waals surface area contributed by atoms with Crippen LogP contribution >= 0.6 is 0 Å². The van der Waals surface area contributed by atoms with Crippen LogP contribution in [0.3, 0.4) is 0 Å². The molecule has 0 unspecified atom stereocenters. The number of benzene rings is 2. The van der Waals surface area contributed by atoms with Crippen molar-refractivity contribution in [3.8, 4) is 0 Å². The molecular formula is C18H24N2. The van der Waals surface area contributed by atoms with Gasteiger partial charge in [0.15, 0.2) is 0 Å². The Kier molecular flexibility index (Phi) is 5.05. The maximum Gasteiger partial charge on any atom is 0.0365 e. The highest BCUT2D eigenvalue weighted by Crippen LogP contribution is 2.15. The number of nitrogen functional groups attached to an aromatic ring is 1. The van der Waals surface area contributed by atoms with Gasteiger partial charge in [0.2, 0.25) is 0 Å². The molecule has 0 aliphatic heterocycles. The first-order valence-corrected chi connectivity index (χ1v) is 7.33. The number of rotatable bonds is 6. The average molecular weight is 268 g/mol. The van der Waals surface area contributed by atoms with Crippen molar-refractivity contribution < 1.29 is 0 Å². The predicted octanol–water partition coefficient (Wildman–Crippen LogP) is 3.90. The third-order valence-corrected chi connectivity index (χ3v) is 3.63. The summed E-state index contributed by atoms with van der Waals surface area (Å²) in [5.74, 6) is 0. The summed E-state index contributed by atoms with van der Waals surface area (Å²) in [6.07, 6.45) is 3.44. The van der Waals surface area contributed by atoms with E-state index >= 15 is 0 Å².